The van der Waals surface area contributed by atoms with Gasteiger partial charge in [0.1, 0.15) is 10.8 Å². The van der Waals surface area contributed by atoms with Gasteiger partial charge in [0.25, 0.3) is 0 Å². The third kappa shape index (κ3) is 3.27. The average Bonchev–Trinajstić information content (AvgIpc) is 2.98. The second-order valence-electron chi connectivity index (χ2n) is 4.24. The zero-order valence-corrected chi connectivity index (χ0v) is 13.3. The Bertz CT molecular complexity index is 821. The van der Waals surface area contributed by atoms with Crippen LogP contribution in [0.3, 0.4) is 0 Å². The minimum atomic E-state index is -0.541. The molecule has 0 amide bonds. The van der Waals surface area contributed by atoms with Crippen molar-refractivity contribution in [3.63, 3.8) is 0 Å². The zero-order valence-electron chi connectivity index (χ0n) is 11.0. The molecule has 0 bridgehead atoms. The van der Waals surface area contributed by atoms with Gasteiger partial charge >= 0.3 is 5.97 Å². The van der Waals surface area contributed by atoms with E-state index in [1.54, 1.807) is 41.9 Å². The fraction of sp³-hybridized carbons (Fsp3) is 0. The van der Waals surface area contributed by atoms with E-state index in [1.165, 1.54) is 17.5 Å². The number of halogens is 2. The van der Waals surface area contributed by atoms with Crippen molar-refractivity contribution in [2.45, 2.75) is 0 Å². The van der Waals surface area contributed by atoms with E-state index in [1.807, 2.05) is 0 Å². The summed E-state index contributed by atoms with van der Waals surface area (Å²) in [6, 6.07) is 8.45. The molecule has 0 radical (unpaired) electrons. The molecule has 0 spiro atoms. The van der Waals surface area contributed by atoms with Crippen molar-refractivity contribution in [1.82, 2.24) is 9.97 Å². The molecule has 2 aromatic heterocycles. The maximum Gasteiger partial charge on any atom is 0.363 e. The number of carbonyl (C=O) groups is 1. The maximum atomic E-state index is 12.0. The zero-order chi connectivity index (χ0) is 15.5. The first-order valence-electron chi connectivity index (χ1n) is 6.16. The molecule has 0 aliphatic heterocycles. The van der Waals surface area contributed by atoms with Gasteiger partial charge < -0.3 is 4.74 Å². The summed E-state index contributed by atoms with van der Waals surface area (Å²) in [5, 5.41) is 3.27. The smallest absolute Gasteiger partial charge is 0.363 e. The van der Waals surface area contributed by atoms with Crippen LogP contribution in [0.15, 0.2) is 48.1 Å². The highest BCUT2D eigenvalue weighted by Gasteiger charge is 2.15. The van der Waals surface area contributed by atoms with Crippen LogP contribution < -0.4 is 4.74 Å². The number of aromatic nitrogens is 2. The summed E-state index contributed by atoms with van der Waals surface area (Å²) in [6.45, 7) is 0. The molecular weight excluding hydrogens is 343 g/mol. The summed E-state index contributed by atoms with van der Waals surface area (Å²) < 4.78 is 5.19. The number of hydrogen-bond donors (Lipinski definition) is 0. The lowest BCUT2D eigenvalue weighted by Crippen LogP contribution is -2.08. The topological polar surface area (TPSA) is 52.1 Å². The summed E-state index contributed by atoms with van der Waals surface area (Å²) in [6.07, 6.45) is 3.06. The highest BCUT2D eigenvalue weighted by Crippen LogP contribution is 2.32. The van der Waals surface area contributed by atoms with E-state index in [0.29, 0.717) is 20.8 Å². The molecule has 3 aromatic rings. The van der Waals surface area contributed by atoms with Crippen molar-refractivity contribution in [2.75, 3.05) is 0 Å². The van der Waals surface area contributed by atoms with Crippen LogP contribution in [0.25, 0.3) is 10.6 Å². The quantitative estimate of drug-likeness (QED) is 0.640. The SMILES string of the molecule is O=C(Oc1cccnc1)c1csc(-c2ccc(Cl)cc2Cl)n1. The molecule has 0 N–H and O–H groups in total. The van der Waals surface area contributed by atoms with Crippen LogP contribution in [0.2, 0.25) is 10.0 Å². The molecule has 0 fully saturated rings. The van der Waals surface area contributed by atoms with Crippen LogP contribution in [0.5, 0.6) is 5.75 Å². The van der Waals surface area contributed by atoms with E-state index in [-0.39, 0.29) is 5.69 Å². The molecule has 22 heavy (non-hydrogen) atoms. The van der Waals surface area contributed by atoms with Crippen LogP contribution in [0, 0.1) is 0 Å². The number of rotatable bonds is 3. The first kappa shape index (κ1) is 15.0. The third-order valence-electron chi connectivity index (χ3n) is 2.72. The number of nitrogens with zero attached hydrogens (tertiary/aromatic N) is 2. The van der Waals surface area contributed by atoms with E-state index in [9.17, 15) is 4.79 Å². The Hall–Kier alpha value is -1.95. The summed E-state index contributed by atoms with van der Waals surface area (Å²) >= 11 is 13.3. The lowest BCUT2D eigenvalue weighted by atomic mass is 10.2. The van der Waals surface area contributed by atoms with Gasteiger partial charge in [0.05, 0.1) is 11.2 Å². The van der Waals surface area contributed by atoms with Crippen LogP contribution in [-0.4, -0.2) is 15.9 Å². The largest absolute Gasteiger partial charge is 0.420 e. The first-order valence-corrected chi connectivity index (χ1v) is 7.80. The van der Waals surface area contributed by atoms with Crippen molar-refractivity contribution in [3.05, 3.63) is 63.8 Å². The first-order chi connectivity index (χ1) is 10.6. The van der Waals surface area contributed by atoms with E-state index in [0.717, 1.165) is 5.56 Å². The Morgan fingerprint density at radius 2 is 2.09 bits per heavy atom. The second-order valence-corrected chi connectivity index (χ2v) is 5.94. The normalized spacial score (nSPS) is 10.5. The maximum absolute atomic E-state index is 12.0. The molecule has 3 rings (SSSR count). The molecule has 4 nitrogen and oxygen atoms in total. The van der Waals surface area contributed by atoms with Gasteiger partial charge in [-0.2, -0.15) is 0 Å². The molecule has 110 valence electrons. The number of pyridine rings is 1. The molecule has 0 saturated heterocycles. The Labute approximate surface area is 140 Å². The fourth-order valence-corrected chi connectivity index (χ4v) is 3.10. The Balaban J connectivity index is 1.83. The van der Waals surface area contributed by atoms with Gasteiger partial charge in [-0.25, -0.2) is 9.78 Å². The minimum Gasteiger partial charge on any atom is -0.420 e. The average molecular weight is 351 g/mol. The van der Waals surface area contributed by atoms with Crippen molar-refractivity contribution in [3.8, 4) is 16.3 Å². The van der Waals surface area contributed by atoms with Gasteiger partial charge in [-0.15, -0.1) is 11.3 Å². The molecule has 0 aliphatic rings. The fourth-order valence-electron chi connectivity index (χ4n) is 1.72. The molecule has 0 aliphatic carbocycles. The van der Waals surface area contributed by atoms with Crippen molar-refractivity contribution >= 4 is 40.5 Å². The van der Waals surface area contributed by atoms with Gasteiger partial charge in [-0.1, -0.05) is 23.2 Å². The number of ether oxygens (including phenoxy) is 1. The number of benzene rings is 1. The highest BCUT2D eigenvalue weighted by atomic mass is 35.5. The van der Waals surface area contributed by atoms with Gasteiger partial charge in [0.2, 0.25) is 0 Å². The molecule has 1 aromatic carbocycles. The van der Waals surface area contributed by atoms with E-state index in [2.05, 4.69) is 9.97 Å². The number of esters is 1. The van der Waals surface area contributed by atoms with Crippen molar-refractivity contribution in [2.24, 2.45) is 0 Å². The molecule has 0 unspecified atom stereocenters. The van der Waals surface area contributed by atoms with E-state index in [4.69, 9.17) is 27.9 Å². The second kappa shape index (κ2) is 6.44. The minimum absolute atomic E-state index is 0.217. The molecule has 7 heteroatoms. The van der Waals surface area contributed by atoms with Gasteiger partial charge in [-0.3, -0.25) is 4.98 Å². The molecule has 0 atom stereocenters. The van der Waals surface area contributed by atoms with E-state index >= 15 is 0 Å². The van der Waals surface area contributed by atoms with Crippen LogP contribution >= 0.6 is 34.5 Å². The van der Waals surface area contributed by atoms with Crippen molar-refractivity contribution < 1.29 is 9.53 Å². The summed E-state index contributed by atoms with van der Waals surface area (Å²) in [7, 11) is 0. The third-order valence-corrected chi connectivity index (χ3v) is 4.14. The van der Waals surface area contributed by atoms with Gasteiger partial charge in [0.15, 0.2) is 5.69 Å². The van der Waals surface area contributed by atoms with E-state index < -0.39 is 5.97 Å². The van der Waals surface area contributed by atoms with Crippen molar-refractivity contribution in [1.29, 1.82) is 0 Å². The molecule has 0 saturated carbocycles. The van der Waals surface area contributed by atoms with Gasteiger partial charge in [-0.05, 0) is 30.3 Å². The monoisotopic (exact) mass is 350 g/mol. The number of thiazole rings is 1. The molecule has 2 heterocycles. The summed E-state index contributed by atoms with van der Waals surface area (Å²) in [5.41, 5.74) is 0.936. The lowest BCUT2D eigenvalue weighted by molar-refractivity contribution is 0.0729. The Morgan fingerprint density at radius 3 is 2.82 bits per heavy atom. The summed E-state index contributed by atoms with van der Waals surface area (Å²) in [5.74, 6) is -0.174. The van der Waals surface area contributed by atoms with Crippen LogP contribution in [-0.2, 0) is 0 Å². The molecular formula is C15H8Cl2N2O2S. The number of hydrogen-bond acceptors (Lipinski definition) is 5. The van der Waals surface area contributed by atoms with Gasteiger partial charge in [0, 0.05) is 22.2 Å². The predicted octanol–water partition coefficient (Wildman–Crippen LogP) is 4.73. The van der Waals surface area contributed by atoms with Crippen LogP contribution in [0.1, 0.15) is 10.5 Å². The Kier molecular flexibility index (Phi) is 4.38. The lowest BCUT2D eigenvalue weighted by Gasteiger charge is -2.01. The van der Waals surface area contributed by atoms with Crippen LogP contribution in [0.4, 0.5) is 0 Å². The summed E-state index contributed by atoms with van der Waals surface area (Å²) in [4.78, 5) is 20.2. The Morgan fingerprint density at radius 1 is 1.23 bits per heavy atom. The number of carbonyl (C=O) groups excluding carboxylic acids is 1. The standard InChI is InChI=1S/C15H8Cl2N2O2S/c16-9-3-4-11(12(17)6-9)14-19-13(8-22-14)15(20)21-10-2-1-5-18-7-10/h1-8H. The highest BCUT2D eigenvalue weighted by molar-refractivity contribution is 7.13. The predicted molar refractivity (Wildman–Crippen MR) is 86.8 cm³/mol.